The van der Waals surface area contributed by atoms with E-state index in [2.05, 4.69) is 50.8 Å². The summed E-state index contributed by atoms with van der Waals surface area (Å²) in [7, 11) is 0. The second kappa shape index (κ2) is 7.28. The van der Waals surface area contributed by atoms with Crippen LogP contribution in [0.2, 0.25) is 0 Å². The molecule has 0 bridgehead atoms. The molecule has 1 aromatic rings. The molecule has 0 aliphatic rings. The fourth-order valence-electron chi connectivity index (χ4n) is 1.72. The van der Waals surface area contributed by atoms with Crippen molar-refractivity contribution in [3.8, 4) is 0 Å². The maximum atomic E-state index is 3.82. The summed E-state index contributed by atoms with van der Waals surface area (Å²) in [6.45, 7) is 8.40. The second-order valence-corrected chi connectivity index (χ2v) is 4.22. The lowest BCUT2D eigenvalue weighted by atomic mass is 9.87. The molecule has 0 amide bonds. The van der Waals surface area contributed by atoms with E-state index in [4.69, 9.17) is 0 Å². The molecule has 1 atom stereocenters. The second-order valence-electron chi connectivity index (χ2n) is 4.22. The van der Waals surface area contributed by atoms with Crippen molar-refractivity contribution >= 4 is 0 Å². The average molecular weight is 204 g/mol. The number of hydrogen-bond donors (Lipinski definition) is 0. The summed E-state index contributed by atoms with van der Waals surface area (Å²) in [5, 5.41) is 0. The summed E-state index contributed by atoms with van der Waals surface area (Å²) >= 11 is 0. The molecule has 0 heterocycles. The molecule has 0 unspecified atom stereocenters. The van der Waals surface area contributed by atoms with Crippen LogP contribution in [0, 0.1) is 11.8 Å². The highest BCUT2D eigenvalue weighted by Crippen LogP contribution is 2.20. The Hall–Kier alpha value is -1.04. The highest BCUT2D eigenvalue weighted by Gasteiger charge is 2.11. The first-order valence-corrected chi connectivity index (χ1v) is 5.39. The monoisotopic (exact) mass is 204 g/mol. The van der Waals surface area contributed by atoms with Crippen molar-refractivity contribution in [2.45, 2.75) is 34.1 Å². The zero-order valence-corrected chi connectivity index (χ0v) is 9.24. The van der Waals surface area contributed by atoms with Gasteiger partial charge in [0.15, 0.2) is 0 Å². The summed E-state index contributed by atoms with van der Waals surface area (Å²) in [5.41, 5.74) is 1.44. The Morgan fingerprint density at radius 2 is 1.80 bits per heavy atom. The maximum absolute atomic E-state index is 3.82. The SMILES string of the molecule is C.C=CC[C@H](Cc1ccccc1)C(C)C. The van der Waals surface area contributed by atoms with Crippen molar-refractivity contribution in [3.05, 3.63) is 48.6 Å². The molecule has 0 spiro atoms. The van der Waals surface area contributed by atoms with Crippen LogP contribution in [0.4, 0.5) is 0 Å². The van der Waals surface area contributed by atoms with Gasteiger partial charge in [0, 0.05) is 0 Å². The third kappa shape index (κ3) is 4.83. The van der Waals surface area contributed by atoms with Gasteiger partial charge in [-0.15, -0.1) is 6.58 Å². The van der Waals surface area contributed by atoms with Gasteiger partial charge in [0.05, 0.1) is 0 Å². The summed E-state index contributed by atoms with van der Waals surface area (Å²) < 4.78 is 0. The Bertz CT molecular complexity index is 259. The van der Waals surface area contributed by atoms with Crippen LogP contribution >= 0.6 is 0 Å². The number of allylic oxidation sites excluding steroid dienone is 1. The molecule has 0 heteroatoms. The minimum absolute atomic E-state index is 0. The summed E-state index contributed by atoms with van der Waals surface area (Å²) in [5.74, 6) is 1.46. The Morgan fingerprint density at radius 3 is 2.27 bits per heavy atom. The minimum atomic E-state index is 0. The van der Waals surface area contributed by atoms with E-state index in [0.717, 1.165) is 18.3 Å². The molecular formula is C15H24. The summed E-state index contributed by atoms with van der Waals surface area (Å²) in [6, 6.07) is 10.7. The first-order valence-electron chi connectivity index (χ1n) is 5.39. The van der Waals surface area contributed by atoms with Crippen molar-refractivity contribution in [2.24, 2.45) is 11.8 Å². The maximum Gasteiger partial charge on any atom is -0.0245 e. The lowest BCUT2D eigenvalue weighted by Crippen LogP contribution is -2.10. The Balaban J connectivity index is 0.00000196. The van der Waals surface area contributed by atoms with Gasteiger partial charge >= 0.3 is 0 Å². The van der Waals surface area contributed by atoms with Gasteiger partial charge in [0.25, 0.3) is 0 Å². The van der Waals surface area contributed by atoms with Gasteiger partial charge in [0.2, 0.25) is 0 Å². The van der Waals surface area contributed by atoms with Gasteiger partial charge in [-0.05, 0) is 30.2 Å². The molecule has 84 valence electrons. The minimum Gasteiger partial charge on any atom is -0.103 e. The van der Waals surface area contributed by atoms with Crippen molar-refractivity contribution in [1.82, 2.24) is 0 Å². The molecule has 0 N–H and O–H groups in total. The first-order chi connectivity index (χ1) is 6.74. The van der Waals surface area contributed by atoms with E-state index in [1.807, 2.05) is 6.08 Å². The average Bonchev–Trinajstić information content (AvgIpc) is 2.18. The van der Waals surface area contributed by atoms with Crippen LogP contribution in [0.5, 0.6) is 0 Å². The lowest BCUT2D eigenvalue weighted by Gasteiger charge is -2.19. The fourth-order valence-corrected chi connectivity index (χ4v) is 1.72. The molecule has 0 fully saturated rings. The third-order valence-corrected chi connectivity index (χ3v) is 2.75. The van der Waals surface area contributed by atoms with Crippen molar-refractivity contribution in [2.75, 3.05) is 0 Å². The molecule has 1 aromatic carbocycles. The van der Waals surface area contributed by atoms with E-state index in [-0.39, 0.29) is 7.43 Å². The molecular weight excluding hydrogens is 180 g/mol. The van der Waals surface area contributed by atoms with Crippen molar-refractivity contribution in [1.29, 1.82) is 0 Å². The Morgan fingerprint density at radius 1 is 1.20 bits per heavy atom. The predicted octanol–water partition coefficient (Wildman–Crippen LogP) is 4.71. The van der Waals surface area contributed by atoms with E-state index in [0.29, 0.717) is 0 Å². The molecule has 0 nitrogen and oxygen atoms in total. The van der Waals surface area contributed by atoms with E-state index < -0.39 is 0 Å². The smallest absolute Gasteiger partial charge is 0.0245 e. The number of hydrogen-bond acceptors (Lipinski definition) is 0. The van der Waals surface area contributed by atoms with Gasteiger partial charge in [-0.25, -0.2) is 0 Å². The number of rotatable bonds is 5. The van der Waals surface area contributed by atoms with Crippen molar-refractivity contribution < 1.29 is 0 Å². The van der Waals surface area contributed by atoms with E-state index in [1.165, 1.54) is 12.0 Å². The van der Waals surface area contributed by atoms with Crippen LogP contribution in [0.15, 0.2) is 43.0 Å². The summed E-state index contributed by atoms with van der Waals surface area (Å²) in [4.78, 5) is 0. The Kier molecular flexibility index (Phi) is 6.77. The first kappa shape index (κ1) is 14.0. The molecule has 0 saturated carbocycles. The van der Waals surface area contributed by atoms with Crippen molar-refractivity contribution in [3.63, 3.8) is 0 Å². The topological polar surface area (TPSA) is 0 Å². The van der Waals surface area contributed by atoms with Gasteiger partial charge in [-0.1, -0.05) is 57.7 Å². The standard InChI is InChI=1S/C14H20.CH4/c1-4-8-14(12(2)3)11-13-9-6-5-7-10-13;/h4-7,9-10,12,14H,1,8,11H2,2-3H3;1H4/t14-;/m1./s1. The molecule has 0 aliphatic carbocycles. The lowest BCUT2D eigenvalue weighted by molar-refractivity contribution is 0.386. The molecule has 0 aliphatic heterocycles. The van der Waals surface area contributed by atoms with Crippen LogP contribution in [-0.2, 0) is 6.42 Å². The van der Waals surface area contributed by atoms with Gasteiger partial charge < -0.3 is 0 Å². The van der Waals surface area contributed by atoms with E-state index >= 15 is 0 Å². The zero-order chi connectivity index (χ0) is 10.4. The molecule has 0 saturated heterocycles. The summed E-state index contributed by atoms with van der Waals surface area (Å²) in [6.07, 6.45) is 4.32. The molecule has 1 rings (SSSR count). The van der Waals surface area contributed by atoms with Gasteiger partial charge in [-0.3, -0.25) is 0 Å². The highest BCUT2D eigenvalue weighted by atomic mass is 14.2. The quantitative estimate of drug-likeness (QED) is 0.609. The molecule has 0 radical (unpaired) electrons. The van der Waals surface area contributed by atoms with Gasteiger partial charge in [-0.2, -0.15) is 0 Å². The van der Waals surface area contributed by atoms with E-state index in [9.17, 15) is 0 Å². The molecule has 0 aromatic heterocycles. The fraction of sp³-hybridized carbons (Fsp3) is 0.467. The highest BCUT2D eigenvalue weighted by molar-refractivity contribution is 5.15. The van der Waals surface area contributed by atoms with Crippen LogP contribution < -0.4 is 0 Å². The predicted molar refractivity (Wildman–Crippen MR) is 70.0 cm³/mol. The van der Waals surface area contributed by atoms with Crippen LogP contribution in [-0.4, -0.2) is 0 Å². The number of benzene rings is 1. The van der Waals surface area contributed by atoms with E-state index in [1.54, 1.807) is 0 Å². The van der Waals surface area contributed by atoms with Crippen LogP contribution in [0.3, 0.4) is 0 Å². The Labute approximate surface area is 95.0 Å². The normalized spacial score (nSPS) is 11.9. The molecule has 15 heavy (non-hydrogen) atoms. The largest absolute Gasteiger partial charge is 0.103 e. The van der Waals surface area contributed by atoms with Gasteiger partial charge in [0.1, 0.15) is 0 Å². The van der Waals surface area contributed by atoms with Crippen LogP contribution in [0.25, 0.3) is 0 Å². The van der Waals surface area contributed by atoms with Crippen LogP contribution in [0.1, 0.15) is 33.3 Å². The third-order valence-electron chi connectivity index (χ3n) is 2.75. The zero-order valence-electron chi connectivity index (χ0n) is 9.24.